The summed E-state index contributed by atoms with van der Waals surface area (Å²) in [6.45, 7) is 1.68. The summed E-state index contributed by atoms with van der Waals surface area (Å²) in [5, 5.41) is 13.7. The third kappa shape index (κ3) is 3.26. The van der Waals surface area contributed by atoms with E-state index in [1.807, 2.05) is 30.6 Å². The highest BCUT2D eigenvalue weighted by molar-refractivity contribution is 7.85. The molecule has 0 unspecified atom stereocenters. The van der Waals surface area contributed by atoms with E-state index in [4.69, 9.17) is 0 Å². The van der Waals surface area contributed by atoms with E-state index in [0.717, 1.165) is 47.1 Å². The topological polar surface area (TPSA) is 61.9 Å². The average molecular weight is 362 g/mol. The van der Waals surface area contributed by atoms with E-state index in [-0.39, 0.29) is 0 Å². The van der Waals surface area contributed by atoms with Crippen molar-refractivity contribution in [2.45, 2.75) is 0 Å². The van der Waals surface area contributed by atoms with Crippen LogP contribution in [0.2, 0.25) is 0 Å². The Morgan fingerprint density at radius 2 is 1.73 bits per heavy atom. The predicted octanol–water partition coefficient (Wildman–Crippen LogP) is 2.98. The summed E-state index contributed by atoms with van der Waals surface area (Å²) in [6.07, 6.45) is 3.75. The first kappa shape index (κ1) is 16.6. The fourth-order valence-corrected chi connectivity index (χ4v) is 4.18. The van der Waals surface area contributed by atoms with Crippen LogP contribution in [0.15, 0.2) is 60.9 Å². The molecule has 2 heterocycles. The molecule has 0 saturated carbocycles. The van der Waals surface area contributed by atoms with Gasteiger partial charge in [0.05, 0.1) is 17.4 Å². The molecule has 130 valence electrons. The van der Waals surface area contributed by atoms with Gasteiger partial charge in [-0.05, 0) is 29.8 Å². The van der Waals surface area contributed by atoms with E-state index in [2.05, 4.69) is 40.3 Å². The van der Waals surface area contributed by atoms with Gasteiger partial charge in [0.15, 0.2) is 0 Å². The Bertz CT molecular complexity index is 978. The lowest BCUT2D eigenvalue weighted by molar-refractivity contribution is 0.673. The molecule has 1 aliphatic heterocycles. The molecule has 1 aromatic heterocycles. The fraction of sp³-hybridized carbons (Fsp3) is 0.200. The van der Waals surface area contributed by atoms with Crippen LogP contribution >= 0.6 is 0 Å². The second-order valence-corrected chi connectivity index (χ2v) is 7.88. The second kappa shape index (κ2) is 7.14. The SMILES string of the molecule is N#Cc1ccccc1-n1cc(-c2ccc(N3CCS(=O)CC3)cc2)cn1. The van der Waals surface area contributed by atoms with Crippen molar-refractivity contribution >= 4 is 16.5 Å². The minimum atomic E-state index is -0.663. The summed E-state index contributed by atoms with van der Waals surface area (Å²) in [5.41, 5.74) is 4.62. The third-order valence-electron chi connectivity index (χ3n) is 4.60. The van der Waals surface area contributed by atoms with E-state index >= 15 is 0 Å². The maximum atomic E-state index is 11.5. The summed E-state index contributed by atoms with van der Waals surface area (Å²) in [7, 11) is -0.663. The van der Waals surface area contributed by atoms with Crippen LogP contribution in [0, 0.1) is 11.3 Å². The molecule has 0 aliphatic carbocycles. The highest BCUT2D eigenvalue weighted by Crippen LogP contribution is 2.25. The summed E-state index contributed by atoms with van der Waals surface area (Å²) in [4.78, 5) is 2.28. The van der Waals surface area contributed by atoms with Gasteiger partial charge in [-0.3, -0.25) is 4.21 Å². The van der Waals surface area contributed by atoms with E-state index < -0.39 is 10.8 Å². The molecule has 6 heteroatoms. The minimum absolute atomic E-state index is 0.597. The lowest BCUT2D eigenvalue weighted by atomic mass is 10.1. The molecular formula is C20H18N4OS. The van der Waals surface area contributed by atoms with Crippen molar-refractivity contribution < 1.29 is 4.21 Å². The van der Waals surface area contributed by atoms with E-state index in [1.165, 1.54) is 0 Å². The zero-order chi connectivity index (χ0) is 17.9. The molecule has 0 radical (unpaired) electrons. The van der Waals surface area contributed by atoms with Crippen molar-refractivity contribution in [3.05, 3.63) is 66.5 Å². The molecule has 0 N–H and O–H groups in total. The number of nitriles is 1. The Morgan fingerprint density at radius 3 is 2.46 bits per heavy atom. The smallest absolute Gasteiger partial charge is 0.101 e. The third-order valence-corrected chi connectivity index (χ3v) is 5.87. The van der Waals surface area contributed by atoms with Crippen molar-refractivity contribution in [3.8, 4) is 22.9 Å². The molecule has 4 rings (SSSR count). The number of hydrogen-bond donors (Lipinski definition) is 0. The lowest BCUT2D eigenvalue weighted by Gasteiger charge is -2.28. The Kier molecular flexibility index (Phi) is 4.55. The van der Waals surface area contributed by atoms with Gasteiger partial charge in [0.25, 0.3) is 0 Å². The number of rotatable bonds is 3. The van der Waals surface area contributed by atoms with Gasteiger partial charge in [0.1, 0.15) is 6.07 Å². The molecule has 5 nitrogen and oxygen atoms in total. The van der Waals surface area contributed by atoms with Crippen molar-refractivity contribution in [2.24, 2.45) is 0 Å². The Balaban J connectivity index is 1.56. The first-order valence-electron chi connectivity index (χ1n) is 8.49. The monoisotopic (exact) mass is 362 g/mol. The summed E-state index contributed by atoms with van der Waals surface area (Å²) >= 11 is 0. The zero-order valence-electron chi connectivity index (χ0n) is 14.2. The number of hydrogen-bond acceptors (Lipinski definition) is 4. The highest BCUT2D eigenvalue weighted by Gasteiger charge is 2.15. The first-order chi connectivity index (χ1) is 12.7. The molecule has 0 bridgehead atoms. The van der Waals surface area contributed by atoms with Gasteiger partial charge in [-0.1, -0.05) is 24.3 Å². The Morgan fingerprint density at radius 1 is 1.00 bits per heavy atom. The van der Waals surface area contributed by atoms with Crippen molar-refractivity contribution in [1.82, 2.24) is 9.78 Å². The molecule has 26 heavy (non-hydrogen) atoms. The second-order valence-electron chi connectivity index (χ2n) is 6.18. The molecule has 2 aromatic carbocycles. The number of para-hydroxylation sites is 1. The molecule has 1 aliphatic rings. The normalized spacial score (nSPS) is 15.0. The molecular weight excluding hydrogens is 344 g/mol. The van der Waals surface area contributed by atoms with Gasteiger partial charge in [0, 0.05) is 52.8 Å². The van der Waals surface area contributed by atoms with Gasteiger partial charge in [-0.25, -0.2) is 4.68 Å². The standard InChI is InChI=1S/C20H18N4OS/c21-13-17-3-1-2-4-20(17)24-15-18(14-22-24)16-5-7-19(8-6-16)23-9-11-26(25)12-10-23/h1-8,14-15H,9-12H2. The van der Waals surface area contributed by atoms with E-state index in [0.29, 0.717) is 5.56 Å². The summed E-state index contributed by atoms with van der Waals surface area (Å²) < 4.78 is 13.2. The van der Waals surface area contributed by atoms with Crippen molar-refractivity contribution in [2.75, 3.05) is 29.5 Å². The van der Waals surface area contributed by atoms with Crippen molar-refractivity contribution in [3.63, 3.8) is 0 Å². The maximum Gasteiger partial charge on any atom is 0.101 e. The zero-order valence-corrected chi connectivity index (χ0v) is 15.0. The maximum absolute atomic E-state index is 11.5. The predicted molar refractivity (Wildman–Crippen MR) is 104 cm³/mol. The largest absolute Gasteiger partial charge is 0.370 e. The lowest BCUT2D eigenvalue weighted by Crippen LogP contribution is -2.37. The van der Waals surface area contributed by atoms with Crippen LogP contribution in [-0.2, 0) is 10.8 Å². The van der Waals surface area contributed by atoms with Crippen LogP contribution in [-0.4, -0.2) is 38.6 Å². The summed E-state index contributed by atoms with van der Waals surface area (Å²) in [6, 6.07) is 18.0. The first-order valence-corrected chi connectivity index (χ1v) is 9.98. The molecule has 3 aromatic rings. The number of nitrogens with zero attached hydrogens (tertiary/aromatic N) is 4. The van der Waals surface area contributed by atoms with Crippen LogP contribution < -0.4 is 4.90 Å². The average Bonchev–Trinajstić information content (AvgIpc) is 3.19. The minimum Gasteiger partial charge on any atom is -0.370 e. The van der Waals surface area contributed by atoms with Crippen LogP contribution in [0.3, 0.4) is 0 Å². The van der Waals surface area contributed by atoms with Crippen LogP contribution in [0.4, 0.5) is 5.69 Å². The van der Waals surface area contributed by atoms with Gasteiger partial charge in [-0.15, -0.1) is 0 Å². The summed E-state index contributed by atoms with van der Waals surface area (Å²) in [5.74, 6) is 1.49. The van der Waals surface area contributed by atoms with Gasteiger partial charge in [-0.2, -0.15) is 10.4 Å². The van der Waals surface area contributed by atoms with Crippen LogP contribution in [0.5, 0.6) is 0 Å². The van der Waals surface area contributed by atoms with Gasteiger partial charge >= 0.3 is 0 Å². The number of anilines is 1. The number of aromatic nitrogens is 2. The molecule has 1 fully saturated rings. The number of benzene rings is 2. The van der Waals surface area contributed by atoms with Crippen LogP contribution in [0.25, 0.3) is 16.8 Å². The Labute approximate surface area is 154 Å². The Hall–Kier alpha value is -2.91. The van der Waals surface area contributed by atoms with E-state index in [9.17, 15) is 9.47 Å². The quantitative estimate of drug-likeness (QED) is 0.719. The molecule has 0 spiro atoms. The molecule has 1 saturated heterocycles. The van der Waals surface area contributed by atoms with Gasteiger partial charge in [0.2, 0.25) is 0 Å². The van der Waals surface area contributed by atoms with Gasteiger partial charge < -0.3 is 4.90 Å². The van der Waals surface area contributed by atoms with E-state index in [1.54, 1.807) is 10.7 Å². The fourth-order valence-electron chi connectivity index (χ4n) is 3.13. The highest BCUT2D eigenvalue weighted by atomic mass is 32.2. The molecule has 0 amide bonds. The van der Waals surface area contributed by atoms with Crippen LogP contribution in [0.1, 0.15) is 5.56 Å². The van der Waals surface area contributed by atoms with Crippen molar-refractivity contribution in [1.29, 1.82) is 5.26 Å². The molecule has 0 atom stereocenters.